The Bertz CT molecular complexity index is 616. The zero-order valence-electron chi connectivity index (χ0n) is 10.8. The molecule has 0 unspecified atom stereocenters. The van der Waals surface area contributed by atoms with E-state index in [4.69, 9.17) is 5.73 Å². The number of aromatic nitrogens is 3. The molecule has 0 bridgehead atoms. The molecule has 1 aromatic heterocycles. The van der Waals surface area contributed by atoms with E-state index in [9.17, 15) is 9.18 Å². The predicted molar refractivity (Wildman–Crippen MR) is 74.6 cm³/mol. The number of anilines is 1. The van der Waals surface area contributed by atoms with Crippen molar-refractivity contribution in [2.24, 2.45) is 12.8 Å². The van der Waals surface area contributed by atoms with Crippen LogP contribution in [0, 0.1) is 5.82 Å². The van der Waals surface area contributed by atoms with E-state index in [1.807, 2.05) is 0 Å². The summed E-state index contributed by atoms with van der Waals surface area (Å²) in [5, 5.41) is 10.9. The Morgan fingerprint density at radius 2 is 2.20 bits per heavy atom. The van der Waals surface area contributed by atoms with Gasteiger partial charge >= 0.3 is 0 Å². The number of carbonyl (C=O) groups excluding carboxylic acids is 1. The number of benzene rings is 1. The quantitative estimate of drug-likeness (QED) is 0.808. The van der Waals surface area contributed by atoms with Gasteiger partial charge in [-0.05, 0) is 12.1 Å². The van der Waals surface area contributed by atoms with Gasteiger partial charge in [0.25, 0.3) is 0 Å². The molecule has 6 nitrogen and oxygen atoms in total. The Kier molecular flexibility index (Phi) is 4.70. The highest BCUT2D eigenvalue weighted by molar-refractivity contribution is 7.99. The molecular weight excluding hydrogens is 281 g/mol. The zero-order chi connectivity index (χ0) is 14.5. The summed E-state index contributed by atoms with van der Waals surface area (Å²) in [5.41, 5.74) is 5.65. The Hall–Kier alpha value is -1.93. The third-order valence-electron chi connectivity index (χ3n) is 2.59. The Balaban J connectivity index is 1.92. The molecule has 0 aliphatic carbocycles. The fourth-order valence-electron chi connectivity index (χ4n) is 1.53. The molecule has 106 valence electrons. The van der Waals surface area contributed by atoms with Gasteiger partial charge in [0, 0.05) is 7.05 Å². The van der Waals surface area contributed by atoms with Gasteiger partial charge in [-0.2, -0.15) is 0 Å². The fourth-order valence-corrected chi connectivity index (χ4v) is 2.26. The summed E-state index contributed by atoms with van der Waals surface area (Å²) in [6.45, 7) is 0.283. The van der Waals surface area contributed by atoms with Crippen LogP contribution in [0.5, 0.6) is 0 Å². The zero-order valence-corrected chi connectivity index (χ0v) is 11.7. The number of hydrogen-bond acceptors (Lipinski definition) is 5. The van der Waals surface area contributed by atoms with E-state index < -0.39 is 5.82 Å². The SMILES string of the molecule is Cn1c(CN)nnc1SCC(=O)Nc1ccccc1F. The van der Waals surface area contributed by atoms with Crippen molar-refractivity contribution < 1.29 is 9.18 Å². The maximum Gasteiger partial charge on any atom is 0.234 e. The minimum atomic E-state index is -0.463. The monoisotopic (exact) mass is 295 g/mol. The van der Waals surface area contributed by atoms with E-state index in [1.54, 1.807) is 23.7 Å². The molecule has 0 atom stereocenters. The predicted octanol–water partition coefficient (Wildman–Crippen LogP) is 1.14. The third kappa shape index (κ3) is 3.34. The first-order valence-electron chi connectivity index (χ1n) is 5.87. The van der Waals surface area contributed by atoms with E-state index in [0.29, 0.717) is 11.0 Å². The molecule has 1 amide bonds. The molecule has 2 aromatic rings. The summed E-state index contributed by atoms with van der Waals surface area (Å²) in [7, 11) is 1.78. The van der Waals surface area contributed by atoms with Crippen molar-refractivity contribution in [3.8, 4) is 0 Å². The second-order valence-electron chi connectivity index (χ2n) is 3.98. The first kappa shape index (κ1) is 14.5. The van der Waals surface area contributed by atoms with Crippen LogP contribution in [-0.2, 0) is 18.4 Å². The third-order valence-corrected chi connectivity index (χ3v) is 3.61. The number of halogens is 1. The molecule has 0 radical (unpaired) electrons. The Morgan fingerprint density at radius 1 is 1.45 bits per heavy atom. The summed E-state index contributed by atoms with van der Waals surface area (Å²) in [6.07, 6.45) is 0. The fraction of sp³-hybridized carbons (Fsp3) is 0.250. The molecule has 1 aromatic carbocycles. The van der Waals surface area contributed by atoms with Crippen LogP contribution < -0.4 is 11.1 Å². The molecule has 0 saturated carbocycles. The maximum atomic E-state index is 13.4. The van der Waals surface area contributed by atoms with Crippen molar-refractivity contribution in [3.05, 3.63) is 35.9 Å². The average Bonchev–Trinajstić information content (AvgIpc) is 2.79. The van der Waals surface area contributed by atoms with Crippen LogP contribution in [0.1, 0.15) is 5.82 Å². The summed E-state index contributed by atoms with van der Waals surface area (Å²) >= 11 is 1.22. The number of nitrogens with two attached hydrogens (primary N) is 1. The first-order valence-corrected chi connectivity index (χ1v) is 6.86. The lowest BCUT2D eigenvalue weighted by atomic mass is 10.3. The molecule has 0 saturated heterocycles. The molecule has 3 N–H and O–H groups in total. The average molecular weight is 295 g/mol. The number of nitrogens with zero attached hydrogens (tertiary/aromatic N) is 3. The maximum absolute atomic E-state index is 13.4. The van der Waals surface area contributed by atoms with Gasteiger partial charge < -0.3 is 15.6 Å². The van der Waals surface area contributed by atoms with Crippen molar-refractivity contribution in [2.45, 2.75) is 11.7 Å². The van der Waals surface area contributed by atoms with Crippen LogP contribution in [0.2, 0.25) is 0 Å². The van der Waals surface area contributed by atoms with Crippen LogP contribution in [0.3, 0.4) is 0 Å². The summed E-state index contributed by atoms with van der Waals surface area (Å²) in [4.78, 5) is 11.7. The van der Waals surface area contributed by atoms with Gasteiger partial charge in [0.2, 0.25) is 5.91 Å². The highest BCUT2D eigenvalue weighted by atomic mass is 32.2. The Morgan fingerprint density at radius 3 is 2.85 bits per heavy atom. The lowest BCUT2D eigenvalue weighted by Gasteiger charge is -2.06. The van der Waals surface area contributed by atoms with Gasteiger partial charge in [-0.3, -0.25) is 4.79 Å². The van der Waals surface area contributed by atoms with Crippen molar-refractivity contribution >= 4 is 23.4 Å². The van der Waals surface area contributed by atoms with E-state index in [1.165, 1.54) is 23.9 Å². The summed E-state index contributed by atoms with van der Waals surface area (Å²) < 4.78 is 15.1. The largest absolute Gasteiger partial charge is 0.324 e. The van der Waals surface area contributed by atoms with Gasteiger partial charge in [-0.25, -0.2) is 4.39 Å². The van der Waals surface area contributed by atoms with Crippen molar-refractivity contribution in [1.29, 1.82) is 0 Å². The number of hydrogen-bond donors (Lipinski definition) is 2. The van der Waals surface area contributed by atoms with Crippen LogP contribution in [0.15, 0.2) is 29.4 Å². The molecule has 0 aliphatic heterocycles. The Labute approximate surface area is 119 Å². The van der Waals surface area contributed by atoms with Gasteiger partial charge in [0.1, 0.15) is 11.6 Å². The van der Waals surface area contributed by atoms with Gasteiger partial charge in [0.15, 0.2) is 5.16 Å². The van der Waals surface area contributed by atoms with Crippen LogP contribution in [0.25, 0.3) is 0 Å². The van der Waals surface area contributed by atoms with Crippen molar-refractivity contribution in [3.63, 3.8) is 0 Å². The van der Waals surface area contributed by atoms with E-state index in [-0.39, 0.29) is 23.9 Å². The molecule has 2 rings (SSSR count). The standard InChI is InChI=1S/C12H14FN5OS/c1-18-10(6-14)16-17-12(18)20-7-11(19)15-9-5-3-2-4-8(9)13/h2-5H,6-7,14H2,1H3,(H,15,19). The number of nitrogens with one attached hydrogen (secondary N) is 1. The topological polar surface area (TPSA) is 85.8 Å². The highest BCUT2D eigenvalue weighted by Crippen LogP contribution is 2.17. The number of amides is 1. The molecular formula is C12H14FN5OS. The number of rotatable bonds is 5. The van der Waals surface area contributed by atoms with E-state index in [0.717, 1.165) is 0 Å². The first-order chi connectivity index (χ1) is 9.61. The smallest absolute Gasteiger partial charge is 0.234 e. The number of carbonyl (C=O) groups is 1. The second kappa shape index (κ2) is 6.49. The van der Waals surface area contributed by atoms with Crippen LogP contribution >= 0.6 is 11.8 Å². The lowest BCUT2D eigenvalue weighted by molar-refractivity contribution is -0.113. The lowest BCUT2D eigenvalue weighted by Crippen LogP contribution is -2.15. The normalized spacial score (nSPS) is 10.6. The van der Waals surface area contributed by atoms with Crippen LogP contribution in [-0.4, -0.2) is 26.4 Å². The van der Waals surface area contributed by atoms with E-state index >= 15 is 0 Å². The van der Waals surface area contributed by atoms with Gasteiger partial charge in [0.05, 0.1) is 18.0 Å². The second-order valence-corrected chi connectivity index (χ2v) is 4.92. The summed E-state index contributed by atoms with van der Waals surface area (Å²) in [6, 6.07) is 6.02. The molecule has 20 heavy (non-hydrogen) atoms. The molecule has 0 spiro atoms. The minimum absolute atomic E-state index is 0.116. The summed E-state index contributed by atoms with van der Waals surface area (Å²) in [5.74, 6) is -0.0143. The van der Waals surface area contributed by atoms with Gasteiger partial charge in [-0.15, -0.1) is 10.2 Å². The minimum Gasteiger partial charge on any atom is -0.324 e. The molecule has 0 aliphatic rings. The number of para-hydroxylation sites is 1. The van der Waals surface area contributed by atoms with E-state index in [2.05, 4.69) is 15.5 Å². The number of thioether (sulfide) groups is 1. The van der Waals surface area contributed by atoms with Gasteiger partial charge in [-0.1, -0.05) is 23.9 Å². The molecule has 8 heteroatoms. The van der Waals surface area contributed by atoms with Crippen molar-refractivity contribution in [2.75, 3.05) is 11.1 Å². The molecule has 0 fully saturated rings. The highest BCUT2D eigenvalue weighted by Gasteiger charge is 2.11. The van der Waals surface area contributed by atoms with Crippen LogP contribution in [0.4, 0.5) is 10.1 Å². The van der Waals surface area contributed by atoms with Crippen molar-refractivity contribution in [1.82, 2.24) is 14.8 Å². The molecule has 1 heterocycles.